The number of piperidine rings is 1. The Balaban J connectivity index is 1.20. The van der Waals surface area contributed by atoms with Crippen LogP contribution in [0, 0.1) is 19.8 Å². The zero-order chi connectivity index (χ0) is 26.2. The molecule has 2 fully saturated rings. The fourth-order valence-corrected chi connectivity index (χ4v) is 6.86. The van der Waals surface area contributed by atoms with Crippen molar-refractivity contribution in [3.8, 4) is 11.4 Å². The number of hydrogen-bond donors (Lipinski definition) is 0. The molecule has 3 aromatic rings. The predicted octanol–water partition coefficient (Wildman–Crippen LogP) is 3.76. The van der Waals surface area contributed by atoms with Gasteiger partial charge in [-0.05, 0) is 55.7 Å². The molecular weight excluding hydrogens is 514 g/mol. The third kappa shape index (κ3) is 5.37. The van der Waals surface area contributed by atoms with Gasteiger partial charge in [-0.2, -0.15) is 9.29 Å². The van der Waals surface area contributed by atoms with Crippen molar-refractivity contribution in [2.24, 2.45) is 5.92 Å². The first kappa shape index (κ1) is 25.7. The lowest BCUT2D eigenvalue weighted by molar-refractivity contribution is -0.137. The van der Waals surface area contributed by atoms with Crippen molar-refractivity contribution in [1.29, 1.82) is 0 Å². The van der Waals surface area contributed by atoms with E-state index in [0.29, 0.717) is 66.9 Å². The Morgan fingerprint density at radius 1 is 0.973 bits per heavy atom. The number of benzene rings is 2. The molecule has 2 aromatic carbocycles. The van der Waals surface area contributed by atoms with Gasteiger partial charge in [-0.25, -0.2) is 8.42 Å². The second kappa shape index (κ2) is 10.4. The van der Waals surface area contributed by atoms with Gasteiger partial charge in [-0.1, -0.05) is 28.9 Å². The molecule has 3 heterocycles. The van der Waals surface area contributed by atoms with Gasteiger partial charge in [0.2, 0.25) is 27.6 Å². The number of sulfonamides is 1. The summed E-state index contributed by atoms with van der Waals surface area (Å²) in [6.07, 6.45) is 1.02. The molecule has 9 nitrogen and oxygen atoms in total. The van der Waals surface area contributed by atoms with Crippen molar-refractivity contribution in [3.63, 3.8) is 0 Å². The van der Waals surface area contributed by atoms with E-state index in [9.17, 15) is 13.2 Å². The van der Waals surface area contributed by atoms with E-state index in [2.05, 4.69) is 15.0 Å². The second-order valence-electron chi connectivity index (χ2n) is 9.58. The van der Waals surface area contributed by atoms with Crippen LogP contribution in [0.15, 0.2) is 51.9 Å². The Morgan fingerprint density at radius 2 is 1.65 bits per heavy atom. The fraction of sp³-hybridized carbons (Fsp3) is 0.423. The van der Waals surface area contributed by atoms with Gasteiger partial charge in [-0.15, -0.1) is 0 Å². The van der Waals surface area contributed by atoms with Crippen LogP contribution in [0.2, 0.25) is 5.02 Å². The highest BCUT2D eigenvalue weighted by Crippen LogP contribution is 2.30. The molecule has 11 heteroatoms. The highest BCUT2D eigenvalue weighted by molar-refractivity contribution is 7.89. The smallest absolute Gasteiger partial charge is 0.243 e. The molecule has 0 N–H and O–H groups in total. The molecule has 0 aliphatic carbocycles. The highest BCUT2D eigenvalue weighted by Gasteiger charge is 2.35. The zero-order valence-electron chi connectivity index (χ0n) is 20.9. The number of carbonyl (C=O) groups excluding carboxylic acids is 1. The lowest BCUT2D eigenvalue weighted by Crippen LogP contribution is -2.52. The number of anilines is 1. The van der Waals surface area contributed by atoms with Crippen LogP contribution < -0.4 is 4.90 Å². The molecule has 0 saturated carbocycles. The van der Waals surface area contributed by atoms with E-state index in [1.807, 2.05) is 29.2 Å². The molecule has 2 aliphatic heterocycles. The number of amides is 1. The van der Waals surface area contributed by atoms with E-state index in [1.54, 1.807) is 32.0 Å². The normalized spacial score (nSPS) is 17.8. The minimum atomic E-state index is -3.73. The average Bonchev–Trinajstić information content (AvgIpc) is 3.35. The van der Waals surface area contributed by atoms with E-state index in [-0.39, 0.29) is 16.7 Å². The monoisotopic (exact) mass is 543 g/mol. The SMILES string of the molecule is Cc1nc(-c2ccc(C)c(S(=O)(=O)N3CCC(C(=O)N4CCN(c5ccc(Cl)cc5)CC4)CC3)c2)no1. The van der Waals surface area contributed by atoms with Crippen LogP contribution in [0.3, 0.4) is 0 Å². The molecule has 0 spiro atoms. The number of aromatic nitrogens is 2. The molecule has 2 aliphatic rings. The van der Waals surface area contributed by atoms with E-state index in [0.717, 1.165) is 18.8 Å². The first-order valence-electron chi connectivity index (χ1n) is 12.4. The lowest BCUT2D eigenvalue weighted by atomic mass is 9.96. The Kier molecular flexibility index (Phi) is 7.24. The average molecular weight is 544 g/mol. The molecular formula is C26H30ClN5O4S. The van der Waals surface area contributed by atoms with Gasteiger partial charge in [-0.3, -0.25) is 4.79 Å². The summed E-state index contributed by atoms with van der Waals surface area (Å²) in [4.78, 5) is 21.8. The Labute approximate surface area is 222 Å². The maximum Gasteiger partial charge on any atom is 0.243 e. The van der Waals surface area contributed by atoms with Gasteiger partial charge in [0.1, 0.15) is 0 Å². The molecule has 196 valence electrons. The van der Waals surface area contributed by atoms with Crippen molar-refractivity contribution >= 4 is 33.2 Å². The number of aryl methyl sites for hydroxylation is 2. The maximum atomic E-state index is 13.5. The third-order valence-corrected chi connectivity index (χ3v) is 9.47. The van der Waals surface area contributed by atoms with E-state index in [1.165, 1.54) is 4.31 Å². The minimum absolute atomic E-state index is 0.124. The minimum Gasteiger partial charge on any atom is -0.368 e. The summed E-state index contributed by atoms with van der Waals surface area (Å²) in [5.74, 6) is 0.731. The van der Waals surface area contributed by atoms with Crippen LogP contribution in [-0.4, -0.2) is 72.9 Å². The standard InChI is InChI=1S/C26H30ClN5O4S/c1-18-3-4-21(25-28-19(2)36-29-25)17-24(18)37(34,35)32-11-9-20(10-12-32)26(33)31-15-13-30(14-16-31)23-7-5-22(27)6-8-23/h3-8,17,20H,9-16H2,1-2H3. The van der Waals surface area contributed by atoms with Crippen LogP contribution >= 0.6 is 11.6 Å². The Hall–Kier alpha value is -2.95. The topological polar surface area (TPSA) is 99.8 Å². The number of hydrogen-bond acceptors (Lipinski definition) is 7. The van der Waals surface area contributed by atoms with Crippen molar-refractivity contribution in [1.82, 2.24) is 19.3 Å². The van der Waals surface area contributed by atoms with E-state index >= 15 is 0 Å². The van der Waals surface area contributed by atoms with Crippen molar-refractivity contribution in [3.05, 3.63) is 58.9 Å². The van der Waals surface area contributed by atoms with Gasteiger partial charge in [0.15, 0.2) is 0 Å². The quantitative estimate of drug-likeness (QED) is 0.483. The fourth-order valence-electron chi connectivity index (χ4n) is 5.01. The largest absolute Gasteiger partial charge is 0.368 e. The van der Waals surface area contributed by atoms with Crippen LogP contribution in [-0.2, 0) is 14.8 Å². The lowest BCUT2D eigenvalue weighted by Gasteiger charge is -2.39. The highest BCUT2D eigenvalue weighted by atomic mass is 35.5. The summed E-state index contributed by atoms with van der Waals surface area (Å²) in [6, 6.07) is 12.9. The number of halogens is 1. The first-order chi connectivity index (χ1) is 17.7. The molecule has 37 heavy (non-hydrogen) atoms. The first-order valence-corrected chi connectivity index (χ1v) is 14.2. The summed E-state index contributed by atoms with van der Waals surface area (Å²) < 4.78 is 33.6. The number of nitrogens with zero attached hydrogens (tertiary/aromatic N) is 5. The molecule has 1 amide bonds. The summed E-state index contributed by atoms with van der Waals surface area (Å²) >= 11 is 5.99. The number of rotatable bonds is 5. The van der Waals surface area contributed by atoms with Gasteiger partial charge in [0.25, 0.3) is 0 Å². The van der Waals surface area contributed by atoms with Crippen LogP contribution in [0.5, 0.6) is 0 Å². The van der Waals surface area contributed by atoms with Gasteiger partial charge in [0.05, 0.1) is 4.90 Å². The maximum absolute atomic E-state index is 13.5. The molecule has 0 unspecified atom stereocenters. The van der Waals surface area contributed by atoms with E-state index in [4.69, 9.17) is 16.1 Å². The molecule has 0 bridgehead atoms. The van der Waals surface area contributed by atoms with Crippen molar-refractivity contribution in [2.75, 3.05) is 44.2 Å². The van der Waals surface area contributed by atoms with Crippen LogP contribution in [0.4, 0.5) is 5.69 Å². The van der Waals surface area contributed by atoms with E-state index < -0.39 is 10.0 Å². The van der Waals surface area contributed by atoms with Crippen LogP contribution in [0.1, 0.15) is 24.3 Å². The summed E-state index contributed by atoms with van der Waals surface area (Å²) in [7, 11) is -3.73. The van der Waals surface area contributed by atoms with Crippen LogP contribution in [0.25, 0.3) is 11.4 Å². The molecule has 0 atom stereocenters. The Morgan fingerprint density at radius 3 is 2.27 bits per heavy atom. The molecule has 1 aromatic heterocycles. The molecule has 0 radical (unpaired) electrons. The summed E-state index contributed by atoms with van der Waals surface area (Å²) in [5, 5.41) is 4.61. The summed E-state index contributed by atoms with van der Waals surface area (Å²) in [6.45, 7) is 6.92. The molecule has 2 saturated heterocycles. The van der Waals surface area contributed by atoms with Gasteiger partial charge in [0, 0.05) is 68.4 Å². The van der Waals surface area contributed by atoms with Gasteiger partial charge < -0.3 is 14.3 Å². The second-order valence-corrected chi connectivity index (χ2v) is 11.9. The molecule has 5 rings (SSSR count). The van der Waals surface area contributed by atoms with Crippen molar-refractivity contribution in [2.45, 2.75) is 31.6 Å². The van der Waals surface area contributed by atoms with Gasteiger partial charge >= 0.3 is 0 Å². The van der Waals surface area contributed by atoms with Crippen molar-refractivity contribution < 1.29 is 17.7 Å². The zero-order valence-corrected chi connectivity index (χ0v) is 22.5. The number of piperazine rings is 1. The number of carbonyl (C=O) groups is 1. The summed E-state index contributed by atoms with van der Waals surface area (Å²) in [5.41, 5.74) is 2.34. The Bertz CT molecular complexity index is 1380. The third-order valence-electron chi connectivity index (χ3n) is 7.18. The predicted molar refractivity (Wildman–Crippen MR) is 141 cm³/mol.